The lowest BCUT2D eigenvalue weighted by molar-refractivity contribution is -0.130. The van der Waals surface area contributed by atoms with Crippen molar-refractivity contribution in [1.82, 2.24) is 0 Å². The molecule has 0 saturated heterocycles. The smallest absolute Gasteiger partial charge is 0.335 e. The van der Waals surface area contributed by atoms with Gasteiger partial charge in [0, 0.05) is 11.3 Å². The van der Waals surface area contributed by atoms with Crippen LogP contribution < -0.4 is 5.73 Å². The van der Waals surface area contributed by atoms with Crippen molar-refractivity contribution in [3.05, 3.63) is 60.7 Å². The molecule has 0 fully saturated rings. The van der Waals surface area contributed by atoms with E-state index in [1.54, 1.807) is 18.2 Å². The average molecular weight is 239 g/mol. The zero-order valence-electron chi connectivity index (χ0n) is 9.76. The Bertz CT molecular complexity index is 617. The maximum absolute atomic E-state index is 10.9. The highest BCUT2D eigenvalue weighted by Gasteiger charge is 2.09. The van der Waals surface area contributed by atoms with Crippen LogP contribution in [-0.2, 0) is 4.79 Å². The van der Waals surface area contributed by atoms with Crippen LogP contribution in [0.3, 0.4) is 0 Å². The van der Waals surface area contributed by atoms with E-state index in [4.69, 9.17) is 10.8 Å². The van der Waals surface area contributed by atoms with Crippen LogP contribution in [-0.4, -0.2) is 11.1 Å². The lowest BCUT2D eigenvalue weighted by Crippen LogP contribution is -1.98. The second kappa shape index (κ2) is 4.75. The van der Waals surface area contributed by atoms with Gasteiger partial charge in [0.15, 0.2) is 0 Å². The van der Waals surface area contributed by atoms with Crippen molar-refractivity contribution in [1.29, 1.82) is 0 Å². The molecule has 2 aromatic rings. The minimum absolute atomic E-state index is 0.0753. The standard InChI is InChI=1S/C15H13NO2/c1-10(15(17)18)11-5-4-6-12(9-11)13-7-2-3-8-14(13)16/h2-9H,1,16H2,(H,17,18). The predicted molar refractivity (Wildman–Crippen MR) is 73.0 cm³/mol. The zero-order valence-corrected chi connectivity index (χ0v) is 9.76. The van der Waals surface area contributed by atoms with Crippen LogP contribution in [0.5, 0.6) is 0 Å². The predicted octanol–water partition coefficient (Wildman–Crippen LogP) is 3.03. The Balaban J connectivity index is 2.48. The summed E-state index contributed by atoms with van der Waals surface area (Å²) in [4.78, 5) is 10.9. The van der Waals surface area contributed by atoms with Gasteiger partial charge in [-0.3, -0.25) is 0 Å². The molecule has 0 saturated carbocycles. The van der Waals surface area contributed by atoms with E-state index in [1.165, 1.54) is 0 Å². The van der Waals surface area contributed by atoms with E-state index in [2.05, 4.69) is 6.58 Å². The minimum atomic E-state index is -1.02. The molecule has 0 aliphatic heterocycles. The summed E-state index contributed by atoms with van der Waals surface area (Å²) < 4.78 is 0. The maximum Gasteiger partial charge on any atom is 0.335 e. The van der Waals surface area contributed by atoms with Gasteiger partial charge in [-0.1, -0.05) is 43.0 Å². The molecule has 3 nitrogen and oxygen atoms in total. The first-order chi connectivity index (χ1) is 8.59. The summed E-state index contributed by atoms with van der Waals surface area (Å²) in [6.45, 7) is 3.55. The van der Waals surface area contributed by atoms with Gasteiger partial charge in [-0.05, 0) is 23.3 Å². The van der Waals surface area contributed by atoms with E-state index in [1.807, 2.05) is 30.3 Å². The molecule has 0 bridgehead atoms. The molecule has 0 aliphatic carbocycles. The summed E-state index contributed by atoms with van der Waals surface area (Å²) in [5.74, 6) is -1.02. The molecule has 0 aliphatic rings. The number of carboxylic acid groups (broad SMARTS) is 1. The van der Waals surface area contributed by atoms with E-state index >= 15 is 0 Å². The quantitative estimate of drug-likeness (QED) is 0.639. The Labute approximate surface area is 105 Å². The van der Waals surface area contributed by atoms with E-state index in [9.17, 15) is 4.79 Å². The number of hydrogen-bond donors (Lipinski definition) is 2. The lowest BCUT2D eigenvalue weighted by atomic mass is 9.99. The van der Waals surface area contributed by atoms with Crippen LogP contribution in [0.2, 0.25) is 0 Å². The van der Waals surface area contributed by atoms with Gasteiger partial charge in [0.1, 0.15) is 0 Å². The molecule has 0 atom stereocenters. The maximum atomic E-state index is 10.9. The summed E-state index contributed by atoms with van der Waals surface area (Å²) in [5.41, 5.74) is 8.99. The number of aliphatic carboxylic acids is 1. The molecular weight excluding hydrogens is 226 g/mol. The number of rotatable bonds is 3. The number of carbonyl (C=O) groups is 1. The Morgan fingerprint density at radius 2 is 1.83 bits per heavy atom. The third-order valence-corrected chi connectivity index (χ3v) is 2.74. The first kappa shape index (κ1) is 11.9. The fourth-order valence-electron chi connectivity index (χ4n) is 1.76. The molecule has 2 rings (SSSR count). The Morgan fingerprint density at radius 1 is 1.11 bits per heavy atom. The molecule has 90 valence electrons. The molecule has 0 unspecified atom stereocenters. The van der Waals surface area contributed by atoms with Crippen molar-refractivity contribution in [3.63, 3.8) is 0 Å². The number of anilines is 1. The normalized spacial score (nSPS) is 10.0. The lowest BCUT2D eigenvalue weighted by Gasteiger charge is -2.07. The fourth-order valence-corrected chi connectivity index (χ4v) is 1.76. The van der Waals surface area contributed by atoms with E-state index < -0.39 is 5.97 Å². The van der Waals surface area contributed by atoms with Gasteiger partial charge in [0.2, 0.25) is 0 Å². The Kier molecular flexibility index (Phi) is 3.15. The molecule has 0 heterocycles. The van der Waals surface area contributed by atoms with Crippen molar-refractivity contribution in [2.24, 2.45) is 0 Å². The van der Waals surface area contributed by atoms with Crippen molar-refractivity contribution < 1.29 is 9.90 Å². The third-order valence-electron chi connectivity index (χ3n) is 2.74. The van der Waals surface area contributed by atoms with Crippen LogP contribution >= 0.6 is 0 Å². The highest BCUT2D eigenvalue weighted by atomic mass is 16.4. The van der Waals surface area contributed by atoms with Crippen molar-refractivity contribution in [3.8, 4) is 11.1 Å². The monoisotopic (exact) mass is 239 g/mol. The van der Waals surface area contributed by atoms with Crippen LogP contribution in [0, 0.1) is 0 Å². The van der Waals surface area contributed by atoms with E-state index in [0.717, 1.165) is 11.1 Å². The summed E-state index contributed by atoms with van der Waals surface area (Å²) in [5, 5.41) is 8.93. The van der Waals surface area contributed by atoms with Crippen molar-refractivity contribution >= 4 is 17.2 Å². The topological polar surface area (TPSA) is 63.3 Å². The van der Waals surface area contributed by atoms with Gasteiger partial charge >= 0.3 is 5.97 Å². The second-order valence-electron chi connectivity index (χ2n) is 3.95. The fraction of sp³-hybridized carbons (Fsp3) is 0. The molecule has 0 spiro atoms. The van der Waals surface area contributed by atoms with Crippen LogP contribution in [0.1, 0.15) is 5.56 Å². The second-order valence-corrected chi connectivity index (χ2v) is 3.95. The van der Waals surface area contributed by atoms with Gasteiger partial charge < -0.3 is 10.8 Å². The first-order valence-electron chi connectivity index (χ1n) is 5.47. The molecule has 3 N–H and O–H groups in total. The van der Waals surface area contributed by atoms with Crippen LogP contribution in [0.15, 0.2) is 55.1 Å². The highest BCUT2D eigenvalue weighted by Crippen LogP contribution is 2.27. The van der Waals surface area contributed by atoms with Crippen LogP contribution in [0.25, 0.3) is 16.7 Å². The summed E-state index contributed by atoms with van der Waals surface area (Å²) in [6, 6.07) is 14.7. The highest BCUT2D eigenvalue weighted by molar-refractivity contribution is 6.14. The Morgan fingerprint density at radius 3 is 2.50 bits per heavy atom. The van der Waals surface area contributed by atoms with E-state index in [0.29, 0.717) is 11.3 Å². The number of carboxylic acids is 1. The van der Waals surface area contributed by atoms with Crippen molar-refractivity contribution in [2.75, 3.05) is 5.73 Å². The molecule has 18 heavy (non-hydrogen) atoms. The van der Waals surface area contributed by atoms with E-state index in [-0.39, 0.29) is 5.57 Å². The molecule has 2 aromatic carbocycles. The largest absolute Gasteiger partial charge is 0.478 e. The van der Waals surface area contributed by atoms with Gasteiger partial charge in [0.05, 0.1) is 5.57 Å². The summed E-state index contributed by atoms with van der Waals surface area (Å²) in [6.07, 6.45) is 0. The van der Waals surface area contributed by atoms with Gasteiger partial charge in [-0.25, -0.2) is 4.79 Å². The van der Waals surface area contributed by atoms with Crippen LogP contribution in [0.4, 0.5) is 5.69 Å². The summed E-state index contributed by atoms with van der Waals surface area (Å²) >= 11 is 0. The SMILES string of the molecule is C=C(C(=O)O)c1cccc(-c2ccccc2N)c1. The van der Waals surface area contributed by atoms with Gasteiger partial charge in [-0.15, -0.1) is 0 Å². The summed E-state index contributed by atoms with van der Waals surface area (Å²) in [7, 11) is 0. The molecule has 3 heteroatoms. The number of benzene rings is 2. The Hall–Kier alpha value is -2.55. The van der Waals surface area contributed by atoms with Crippen molar-refractivity contribution in [2.45, 2.75) is 0 Å². The number of para-hydroxylation sites is 1. The number of nitrogens with two attached hydrogens (primary N) is 1. The zero-order chi connectivity index (χ0) is 13.1. The average Bonchev–Trinajstić information content (AvgIpc) is 2.38. The first-order valence-corrected chi connectivity index (χ1v) is 5.47. The minimum Gasteiger partial charge on any atom is -0.478 e. The number of hydrogen-bond acceptors (Lipinski definition) is 2. The number of nitrogen functional groups attached to an aromatic ring is 1. The molecular formula is C15H13NO2. The van der Waals surface area contributed by atoms with Gasteiger partial charge in [-0.2, -0.15) is 0 Å². The molecule has 0 aromatic heterocycles. The third kappa shape index (κ3) is 2.25. The molecule has 0 amide bonds. The van der Waals surface area contributed by atoms with Gasteiger partial charge in [0.25, 0.3) is 0 Å². The molecule has 0 radical (unpaired) electrons.